The van der Waals surface area contributed by atoms with Gasteiger partial charge in [-0.25, -0.2) is 4.98 Å². The minimum Gasteiger partial charge on any atom is -0.351 e. The van der Waals surface area contributed by atoms with E-state index in [1.807, 2.05) is 24.1 Å². The van der Waals surface area contributed by atoms with E-state index in [9.17, 15) is 0 Å². The summed E-state index contributed by atoms with van der Waals surface area (Å²) in [4.78, 5) is 8.23. The van der Waals surface area contributed by atoms with E-state index in [2.05, 4.69) is 64.1 Å². The number of nitrogens with one attached hydrogen (secondary N) is 1. The van der Waals surface area contributed by atoms with Crippen molar-refractivity contribution in [1.82, 2.24) is 24.3 Å². The van der Waals surface area contributed by atoms with Gasteiger partial charge in [-0.05, 0) is 24.1 Å². The summed E-state index contributed by atoms with van der Waals surface area (Å²) in [5.41, 5.74) is 6.99. The molecule has 5 aromatic rings. The van der Waals surface area contributed by atoms with Crippen LogP contribution in [0, 0.1) is 0 Å². The summed E-state index contributed by atoms with van der Waals surface area (Å²) in [5.74, 6) is 0. The van der Waals surface area contributed by atoms with Crippen LogP contribution in [-0.4, -0.2) is 24.3 Å². The van der Waals surface area contributed by atoms with Gasteiger partial charge in [-0.3, -0.25) is 4.68 Å². The van der Waals surface area contributed by atoms with Crippen LogP contribution in [0.1, 0.15) is 12.5 Å². The van der Waals surface area contributed by atoms with E-state index in [-0.39, 0.29) is 0 Å². The van der Waals surface area contributed by atoms with Gasteiger partial charge in [0, 0.05) is 53.7 Å². The standard InChI is InChI=1S/C20H19N5/c1-4-13-17-19-12(11-22-25(19)3)10-21-20(17)23-18(13)15-6-5-7-16-14(15)8-9-24(16)2/h5-11H,4H2,1-3H3,(H,21,23). The number of rotatable bonds is 2. The van der Waals surface area contributed by atoms with Gasteiger partial charge in [-0.15, -0.1) is 0 Å². The molecule has 4 aromatic heterocycles. The Balaban J connectivity index is 1.93. The van der Waals surface area contributed by atoms with E-state index in [4.69, 9.17) is 0 Å². The lowest BCUT2D eigenvalue weighted by Crippen LogP contribution is -1.92. The average molecular weight is 329 g/mol. The SMILES string of the molecule is CCc1c(-c2cccc3c2ccn3C)[nH]c2ncc3cnn(C)c3c12. The van der Waals surface area contributed by atoms with Crippen LogP contribution in [0.5, 0.6) is 0 Å². The number of H-pyrrole nitrogens is 1. The number of benzene rings is 1. The number of nitrogens with zero attached hydrogens (tertiary/aromatic N) is 4. The summed E-state index contributed by atoms with van der Waals surface area (Å²) in [5, 5.41) is 7.93. The maximum Gasteiger partial charge on any atom is 0.140 e. The highest BCUT2D eigenvalue weighted by Gasteiger charge is 2.19. The van der Waals surface area contributed by atoms with Crippen molar-refractivity contribution in [2.75, 3.05) is 0 Å². The zero-order valence-corrected chi connectivity index (χ0v) is 14.5. The molecular formula is C20H19N5. The van der Waals surface area contributed by atoms with Gasteiger partial charge in [-0.2, -0.15) is 5.10 Å². The van der Waals surface area contributed by atoms with Crippen LogP contribution in [0.4, 0.5) is 0 Å². The number of fused-ring (bicyclic) bond motifs is 4. The van der Waals surface area contributed by atoms with E-state index < -0.39 is 0 Å². The highest BCUT2D eigenvalue weighted by molar-refractivity contribution is 6.08. The highest BCUT2D eigenvalue weighted by Crippen LogP contribution is 2.37. The smallest absolute Gasteiger partial charge is 0.140 e. The van der Waals surface area contributed by atoms with Crippen LogP contribution in [0.25, 0.3) is 44.1 Å². The lowest BCUT2D eigenvalue weighted by atomic mass is 10.0. The molecule has 0 radical (unpaired) electrons. The molecule has 0 atom stereocenters. The molecule has 0 unspecified atom stereocenters. The van der Waals surface area contributed by atoms with E-state index in [1.54, 1.807) is 0 Å². The van der Waals surface area contributed by atoms with Crippen molar-refractivity contribution in [2.45, 2.75) is 13.3 Å². The number of aromatic nitrogens is 5. The molecule has 0 spiro atoms. The Labute approximate surface area is 144 Å². The molecule has 1 aromatic carbocycles. The second kappa shape index (κ2) is 4.96. The second-order valence-corrected chi connectivity index (χ2v) is 6.55. The second-order valence-electron chi connectivity index (χ2n) is 6.55. The number of hydrogen-bond donors (Lipinski definition) is 1. The molecule has 0 aliphatic carbocycles. The van der Waals surface area contributed by atoms with Crippen LogP contribution >= 0.6 is 0 Å². The minimum absolute atomic E-state index is 0.927. The summed E-state index contributed by atoms with van der Waals surface area (Å²) in [6.07, 6.45) is 6.82. The fourth-order valence-electron chi connectivity index (χ4n) is 3.97. The van der Waals surface area contributed by atoms with Gasteiger partial charge in [0.2, 0.25) is 0 Å². The Bertz CT molecular complexity index is 1250. The van der Waals surface area contributed by atoms with Crippen molar-refractivity contribution in [2.24, 2.45) is 14.1 Å². The van der Waals surface area contributed by atoms with Crippen LogP contribution in [0.15, 0.2) is 42.9 Å². The first-order valence-corrected chi connectivity index (χ1v) is 8.54. The minimum atomic E-state index is 0.927. The molecule has 25 heavy (non-hydrogen) atoms. The number of hydrogen-bond acceptors (Lipinski definition) is 2. The Hall–Kier alpha value is -3.08. The third-order valence-corrected chi connectivity index (χ3v) is 5.17. The Morgan fingerprint density at radius 2 is 2.00 bits per heavy atom. The molecule has 0 amide bonds. The molecule has 0 aliphatic heterocycles. The molecule has 0 saturated heterocycles. The Morgan fingerprint density at radius 3 is 2.84 bits per heavy atom. The first-order valence-electron chi connectivity index (χ1n) is 8.54. The molecule has 0 saturated carbocycles. The number of aryl methyl sites for hydroxylation is 3. The Morgan fingerprint density at radius 1 is 1.12 bits per heavy atom. The van der Waals surface area contributed by atoms with E-state index in [0.717, 1.165) is 28.7 Å². The zero-order chi connectivity index (χ0) is 17.1. The highest BCUT2D eigenvalue weighted by atomic mass is 15.2. The Kier molecular flexibility index (Phi) is 2.83. The predicted molar refractivity (Wildman–Crippen MR) is 102 cm³/mol. The van der Waals surface area contributed by atoms with Gasteiger partial charge in [0.05, 0.1) is 17.4 Å². The van der Waals surface area contributed by atoms with Gasteiger partial charge >= 0.3 is 0 Å². The summed E-state index contributed by atoms with van der Waals surface area (Å²) >= 11 is 0. The quantitative estimate of drug-likeness (QED) is 0.528. The summed E-state index contributed by atoms with van der Waals surface area (Å²) in [7, 11) is 4.07. The van der Waals surface area contributed by atoms with Crippen LogP contribution in [0.3, 0.4) is 0 Å². The fraction of sp³-hybridized carbons (Fsp3) is 0.200. The molecule has 5 rings (SSSR count). The van der Waals surface area contributed by atoms with Gasteiger partial charge in [0.1, 0.15) is 5.65 Å². The van der Waals surface area contributed by atoms with Crippen molar-refractivity contribution < 1.29 is 0 Å². The van der Waals surface area contributed by atoms with Crippen LogP contribution < -0.4 is 0 Å². The third-order valence-electron chi connectivity index (χ3n) is 5.17. The maximum absolute atomic E-state index is 4.65. The number of aromatic amines is 1. The van der Waals surface area contributed by atoms with Crippen molar-refractivity contribution in [1.29, 1.82) is 0 Å². The molecule has 0 bridgehead atoms. The predicted octanol–water partition coefficient (Wildman–Crippen LogP) is 4.17. The summed E-state index contributed by atoms with van der Waals surface area (Å²) < 4.78 is 4.10. The normalized spacial score (nSPS) is 12.0. The fourth-order valence-corrected chi connectivity index (χ4v) is 3.97. The van der Waals surface area contributed by atoms with Gasteiger partial charge < -0.3 is 9.55 Å². The molecule has 5 nitrogen and oxygen atoms in total. The van der Waals surface area contributed by atoms with Crippen LogP contribution in [-0.2, 0) is 20.5 Å². The summed E-state index contributed by atoms with van der Waals surface area (Å²) in [6, 6.07) is 8.65. The number of pyridine rings is 1. The first-order chi connectivity index (χ1) is 12.2. The molecule has 0 fully saturated rings. The molecule has 5 heteroatoms. The molecule has 4 heterocycles. The van der Waals surface area contributed by atoms with Crippen molar-refractivity contribution in [3.05, 3.63) is 48.4 Å². The van der Waals surface area contributed by atoms with Gasteiger partial charge in [0.25, 0.3) is 0 Å². The zero-order valence-electron chi connectivity index (χ0n) is 14.5. The summed E-state index contributed by atoms with van der Waals surface area (Å²) in [6.45, 7) is 2.20. The van der Waals surface area contributed by atoms with Crippen LogP contribution in [0.2, 0.25) is 0 Å². The van der Waals surface area contributed by atoms with Gasteiger partial charge in [0.15, 0.2) is 0 Å². The van der Waals surface area contributed by atoms with Crippen molar-refractivity contribution in [3.8, 4) is 11.3 Å². The topological polar surface area (TPSA) is 51.4 Å². The average Bonchev–Trinajstić information content (AvgIpc) is 3.30. The van der Waals surface area contributed by atoms with E-state index in [1.165, 1.54) is 27.4 Å². The largest absolute Gasteiger partial charge is 0.351 e. The lowest BCUT2D eigenvalue weighted by Gasteiger charge is -2.06. The monoisotopic (exact) mass is 329 g/mol. The van der Waals surface area contributed by atoms with E-state index in [0.29, 0.717) is 0 Å². The lowest BCUT2D eigenvalue weighted by molar-refractivity contribution is 0.799. The van der Waals surface area contributed by atoms with Crippen molar-refractivity contribution in [3.63, 3.8) is 0 Å². The molecule has 1 N–H and O–H groups in total. The molecule has 0 aliphatic rings. The molecular weight excluding hydrogens is 310 g/mol. The molecule has 124 valence electrons. The van der Waals surface area contributed by atoms with Crippen molar-refractivity contribution >= 4 is 32.8 Å². The third kappa shape index (κ3) is 1.83. The van der Waals surface area contributed by atoms with E-state index >= 15 is 0 Å². The van der Waals surface area contributed by atoms with Gasteiger partial charge in [-0.1, -0.05) is 19.1 Å². The first kappa shape index (κ1) is 14.3. The maximum atomic E-state index is 4.65.